The van der Waals surface area contributed by atoms with Gasteiger partial charge < -0.3 is 5.32 Å². The van der Waals surface area contributed by atoms with Crippen molar-refractivity contribution in [3.05, 3.63) is 29.8 Å². The molecule has 3 amide bonds. The SMILES string of the molecule is CC(=O)c1ccc(NC(=O)CN2C(=O)[C@@H]3[C@@H]4CC[C@@H](C4)[C@@H]3C2=O)cc1. The highest BCUT2D eigenvalue weighted by molar-refractivity contribution is 6.09. The second-order valence-corrected chi connectivity index (χ2v) is 7.33. The standard InChI is InChI=1S/C19H20N2O4/c1-10(22)11-4-6-14(7-5-11)20-15(23)9-21-18(24)16-12-2-3-13(8-12)17(16)19(21)25/h4-7,12-13,16-17H,2-3,8-9H2,1H3,(H,20,23)/t12-,13+,16-,17+. The van der Waals surface area contributed by atoms with Gasteiger partial charge in [0.2, 0.25) is 17.7 Å². The molecule has 1 heterocycles. The minimum atomic E-state index is -0.399. The summed E-state index contributed by atoms with van der Waals surface area (Å²) in [6.45, 7) is 1.24. The van der Waals surface area contributed by atoms with Gasteiger partial charge in [-0.15, -0.1) is 0 Å². The summed E-state index contributed by atoms with van der Waals surface area (Å²) in [5.41, 5.74) is 1.10. The lowest BCUT2D eigenvalue weighted by atomic mass is 9.81. The number of imide groups is 1. The van der Waals surface area contributed by atoms with Crippen molar-refractivity contribution in [2.24, 2.45) is 23.7 Å². The maximum atomic E-state index is 12.6. The van der Waals surface area contributed by atoms with Crippen LogP contribution in [0.2, 0.25) is 0 Å². The third-order valence-electron chi connectivity index (χ3n) is 5.90. The van der Waals surface area contributed by atoms with Crippen LogP contribution in [0.15, 0.2) is 24.3 Å². The molecule has 1 aromatic carbocycles. The first-order valence-electron chi connectivity index (χ1n) is 8.72. The Labute approximate surface area is 145 Å². The first-order valence-corrected chi connectivity index (χ1v) is 8.72. The molecular weight excluding hydrogens is 320 g/mol. The van der Waals surface area contributed by atoms with Crippen LogP contribution in [0, 0.1) is 23.7 Å². The molecule has 1 N–H and O–H groups in total. The fraction of sp³-hybridized carbons (Fsp3) is 0.474. The first-order chi connectivity index (χ1) is 12.0. The Balaban J connectivity index is 1.42. The Bertz CT molecular complexity index is 742. The summed E-state index contributed by atoms with van der Waals surface area (Å²) in [6.07, 6.45) is 3.02. The van der Waals surface area contributed by atoms with Gasteiger partial charge in [0, 0.05) is 11.3 Å². The predicted molar refractivity (Wildman–Crippen MR) is 89.6 cm³/mol. The van der Waals surface area contributed by atoms with Gasteiger partial charge in [-0.05, 0) is 62.3 Å². The van der Waals surface area contributed by atoms with E-state index in [9.17, 15) is 19.2 Å². The van der Waals surface area contributed by atoms with Crippen LogP contribution < -0.4 is 5.32 Å². The van der Waals surface area contributed by atoms with Gasteiger partial charge in [-0.25, -0.2) is 0 Å². The topological polar surface area (TPSA) is 83.6 Å². The molecule has 2 aliphatic carbocycles. The number of hydrogen-bond donors (Lipinski definition) is 1. The van der Waals surface area contributed by atoms with Gasteiger partial charge in [0.25, 0.3) is 0 Å². The van der Waals surface area contributed by atoms with Crippen LogP contribution in [0.1, 0.15) is 36.5 Å². The minimum Gasteiger partial charge on any atom is -0.325 e. The molecule has 3 aliphatic rings. The molecule has 2 bridgehead atoms. The van der Waals surface area contributed by atoms with Crippen molar-refractivity contribution < 1.29 is 19.2 Å². The van der Waals surface area contributed by atoms with Crippen molar-refractivity contribution in [1.82, 2.24) is 4.90 Å². The van der Waals surface area contributed by atoms with Crippen LogP contribution in [0.5, 0.6) is 0 Å². The van der Waals surface area contributed by atoms with E-state index in [0.717, 1.165) is 24.2 Å². The number of nitrogens with zero attached hydrogens (tertiary/aromatic N) is 1. The Morgan fingerprint density at radius 1 is 1.04 bits per heavy atom. The van der Waals surface area contributed by atoms with E-state index in [1.807, 2.05) is 0 Å². The lowest BCUT2D eigenvalue weighted by Crippen LogP contribution is -2.39. The fourth-order valence-electron chi connectivity index (χ4n) is 4.76. The molecule has 4 rings (SSSR count). The smallest absolute Gasteiger partial charge is 0.244 e. The Morgan fingerprint density at radius 3 is 2.12 bits per heavy atom. The normalized spacial score (nSPS) is 29.9. The van der Waals surface area contributed by atoms with Crippen LogP contribution in [0.4, 0.5) is 5.69 Å². The van der Waals surface area contributed by atoms with Gasteiger partial charge >= 0.3 is 0 Å². The molecule has 1 aliphatic heterocycles. The lowest BCUT2D eigenvalue weighted by molar-refractivity contribution is -0.143. The van der Waals surface area contributed by atoms with Crippen molar-refractivity contribution in [2.45, 2.75) is 26.2 Å². The average Bonchev–Trinajstić information content (AvgIpc) is 3.25. The minimum absolute atomic E-state index is 0.0488. The van der Waals surface area contributed by atoms with E-state index in [1.54, 1.807) is 24.3 Å². The van der Waals surface area contributed by atoms with Gasteiger partial charge in [-0.3, -0.25) is 24.1 Å². The second kappa shape index (κ2) is 5.79. The summed E-state index contributed by atoms with van der Waals surface area (Å²) in [6, 6.07) is 6.53. The molecule has 130 valence electrons. The molecule has 4 atom stereocenters. The number of likely N-dealkylation sites (tertiary alicyclic amines) is 1. The van der Waals surface area contributed by atoms with Gasteiger partial charge in [0.05, 0.1) is 11.8 Å². The number of anilines is 1. The van der Waals surface area contributed by atoms with E-state index in [-0.39, 0.29) is 36.0 Å². The number of rotatable bonds is 4. The number of Topliss-reactive ketones (excluding diaryl/α,β-unsaturated/α-hetero) is 1. The second-order valence-electron chi connectivity index (χ2n) is 7.33. The summed E-state index contributed by atoms with van der Waals surface area (Å²) in [4.78, 5) is 49.8. The van der Waals surface area contributed by atoms with Crippen LogP contribution in [-0.2, 0) is 14.4 Å². The van der Waals surface area contributed by atoms with E-state index >= 15 is 0 Å². The highest BCUT2D eigenvalue weighted by atomic mass is 16.2. The van der Waals surface area contributed by atoms with Gasteiger partial charge in [-0.2, -0.15) is 0 Å². The number of ketones is 1. The molecule has 6 nitrogen and oxygen atoms in total. The van der Waals surface area contributed by atoms with E-state index in [2.05, 4.69) is 5.32 Å². The molecule has 0 aromatic heterocycles. The molecule has 6 heteroatoms. The van der Waals surface area contributed by atoms with Gasteiger partial charge in [0.1, 0.15) is 6.54 Å². The van der Waals surface area contributed by atoms with Crippen molar-refractivity contribution >= 4 is 29.2 Å². The van der Waals surface area contributed by atoms with Crippen LogP contribution in [0.25, 0.3) is 0 Å². The number of carbonyl (C=O) groups excluding carboxylic acids is 4. The molecule has 3 fully saturated rings. The van der Waals surface area contributed by atoms with Crippen molar-refractivity contribution in [3.63, 3.8) is 0 Å². The predicted octanol–water partition coefficient (Wildman–Crippen LogP) is 1.86. The molecule has 1 aromatic rings. The number of carbonyl (C=O) groups is 4. The zero-order valence-electron chi connectivity index (χ0n) is 14.0. The molecule has 0 spiro atoms. The molecule has 2 saturated carbocycles. The monoisotopic (exact) mass is 340 g/mol. The summed E-state index contributed by atoms with van der Waals surface area (Å²) in [7, 11) is 0. The summed E-state index contributed by atoms with van der Waals surface area (Å²) < 4.78 is 0. The van der Waals surface area contributed by atoms with E-state index in [1.165, 1.54) is 6.92 Å². The largest absolute Gasteiger partial charge is 0.325 e. The number of amides is 3. The Kier molecular flexibility index (Phi) is 3.71. The van der Waals surface area contributed by atoms with Crippen molar-refractivity contribution in [2.75, 3.05) is 11.9 Å². The molecule has 25 heavy (non-hydrogen) atoms. The number of fused-ring (bicyclic) bond motifs is 5. The third-order valence-corrected chi connectivity index (χ3v) is 5.90. The number of hydrogen-bond acceptors (Lipinski definition) is 4. The van der Waals surface area contributed by atoms with E-state index in [0.29, 0.717) is 23.1 Å². The quantitative estimate of drug-likeness (QED) is 0.670. The summed E-state index contributed by atoms with van der Waals surface area (Å²) in [5.74, 6) is -0.564. The Morgan fingerprint density at radius 2 is 1.60 bits per heavy atom. The van der Waals surface area contributed by atoms with Crippen molar-refractivity contribution in [3.8, 4) is 0 Å². The number of benzene rings is 1. The maximum absolute atomic E-state index is 12.6. The molecule has 0 unspecified atom stereocenters. The average molecular weight is 340 g/mol. The maximum Gasteiger partial charge on any atom is 0.244 e. The van der Waals surface area contributed by atoms with Crippen molar-refractivity contribution in [1.29, 1.82) is 0 Å². The van der Waals surface area contributed by atoms with E-state index in [4.69, 9.17) is 0 Å². The highest BCUT2D eigenvalue weighted by Gasteiger charge is 2.60. The lowest BCUT2D eigenvalue weighted by Gasteiger charge is -2.19. The number of nitrogens with one attached hydrogen (secondary N) is 1. The first kappa shape index (κ1) is 16.0. The van der Waals surface area contributed by atoms with Gasteiger partial charge in [0.15, 0.2) is 5.78 Å². The highest BCUT2D eigenvalue weighted by Crippen LogP contribution is 2.56. The molecule has 0 radical (unpaired) electrons. The zero-order chi connectivity index (χ0) is 17.7. The van der Waals surface area contributed by atoms with Crippen LogP contribution >= 0.6 is 0 Å². The van der Waals surface area contributed by atoms with Gasteiger partial charge in [-0.1, -0.05) is 0 Å². The van der Waals surface area contributed by atoms with Crippen LogP contribution in [0.3, 0.4) is 0 Å². The molecule has 1 saturated heterocycles. The Hall–Kier alpha value is -2.50. The zero-order valence-corrected chi connectivity index (χ0v) is 14.0. The van der Waals surface area contributed by atoms with Crippen LogP contribution in [-0.4, -0.2) is 34.9 Å². The molecular formula is C19H20N2O4. The summed E-state index contributed by atoms with van der Waals surface area (Å²) >= 11 is 0. The summed E-state index contributed by atoms with van der Waals surface area (Å²) in [5, 5.41) is 2.68. The third kappa shape index (κ3) is 2.56. The fourth-order valence-corrected chi connectivity index (χ4v) is 4.76. The van der Waals surface area contributed by atoms with E-state index < -0.39 is 5.91 Å².